The van der Waals surface area contributed by atoms with Gasteiger partial charge in [-0.25, -0.2) is 0 Å². The number of aliphatic hydroxyl groups is 2. The van der Waals surface area contributed by atoms with E-state index in [-0.39, 0.29) is 30.8 Å². The first kappa shape index (κ1) is 15.9. The van der Waals surface area contributed by atoms with E-state index in [2.05, 4.69) is 0 Å². The van der Waals surface area contributed by atoms with Crippen molar-refractivity contribution in [1.82, 2.24) is 0 Å². The second-order valence-electron chi connectivity index (χ2n) is 5.22. The number of methoxy groups -OCH3 is 1. The van der Waals surface area contributed by atoms with E-state index in [0.717, 1.165) is 35.9 Å². The smallest absolute Gasteiger partial charge is 0.146 e. The molecule has 4 nitrogen and oxygen atoms in total. The Balaban J connectivity index is 1.95. The zero-order valence-corrected chi connectivity index (χ0v) is 13.0. The van der Waals surface area contributed by atoms with E-state index in [1.807, 2.05) is 23.5 Å². The molecule has 2 rings (SSSR count). The third kappa shape index (κ3) is 4.25. The second kappa shape index (κ2) is 8.10. The molecule has 0 radical (unpaired) electrons. The molecule has 0 aliphatic carbocycles. The lowest BCUT2D eigenvalue weighted by Gasteiger charge is -2.40. The molecule has 0 aromatic rings. The van der Waals surface area contributed by atoms with E-state index in [4.69, 9.17) is 9.47 Å². The molecule has 2 heterocycles. The van der Waals surface area contributed by atoms with E-state index in [1.54, 1.807) is 7.11 Å². The number of ether oxygens (including phenoxy) is 2. The topological polar surface area (TPSA) is 58.9 Å². The van der Waals surface area contributed by atoms with Gasteiger partial charge in [0.25, 0.3) is 0 Å². The minimum absolute atomic E-state index is 0.0175. The Morgan fingerprint density at radius 2 is 1.84 bits per heavy atom. The molecule has 2 fully saturated rings. The minimum atomic E-state index is -0.475. The lowest BCUT2D eigenvalue weighted by atomic mass is 9.84. The van der Waals surface area contributed by atoms with Crippen LogP contribution >= 0.6 is 23.5 Å². The molecule has 2 saturated heterocycles. The molecular weight excluding hydrogens is 284 g/mol. The lowest BCUT2D eigenvalue weighted by molar-refractivity contribution is -0.119. The number of aliphatic hydroxyl groups excluding tert-OH is 2. The van der Waals surface area contributed by atoms with Crippen molar-refractivity contribution in [1.29, 1.82) is 0 Å². The summed E-state index contributed by atoms with van der Waals surface area (Å²) in [5.41, 5.74) is 0. The molecule has 0 aromatic heterocycles. The summed E-state index contributed by atoms with van der Waals surface area (Å²) in [4.78, 5) is 0. The van der Waals surface area contributed by atoms with Crippen molar-refractivity contribution < 1.29 is 19.7 Å². The largest absolute Gasteiger partial charge is 0.393 e. The van der Waals surface area contributed by atoms with Crippen LogP contribution in [0.3, 0.4) is 0 Å². The van der Waals surface area contributed by atoms with Gasteiger partial charge in [0.05, 0.1) is 18.3 Å². The van der Waals surface area contributed by atoms with Gasteiger partial charge < -0.3 is 19.7 Å². The molecule has 0 bridgehead atoms. The molecule has 2 aliphatic rings. The quantitative estimate of drug-likeness (QED) is 0.745. The monoisotopic (exact) mass is 308 g/mol. The molecule has 2 N–H and O–H groups in total. The second-order valence-corrected chi connectivity index (χ2v) is 7.52. The summed E-state index contributed by atoms with van der Waals surface area (Å²) in [6.45, 7) is 0.278. The van der Waals surface area contributed by atoms with Crippen LogP contribution in [0.25, 0.3) is 0 Å². The predicted octanol–water partition coefficient (Wildman–Crippen LogP) is 1.20. The number of rotatable bonds is 5. The highest BCUT2D eigenvalue weighted by Gasteiger charge is 2.39. The Bertz CT molecular complexity index is 267. The molecule has 112 valence electrons. The van der Waals surface area contributed by atoms with Gasteiger partial charge in [0, 0.05) is 30.5 Å². The van der Waals surface area contributed by atoms with E-state index >= 15 is 0 Å². The van der Waals surface area contributed by atoms with Crippen molar-refractivity contribution >= 4 is 23.5 Å². The average molecular weight is 308 g/mol. The first-order valence-corrected chi connectivity index (χ1v) is 9.17. The molecule has 2 aliphatic heterocycles. The van der Waals surface area contributed by atoms with Crippen molar-refractivity contribution in [2.45, 2.75) is 31.2 Å². The standard InChI is InChI=1S/C13H24O4S2/c1-16-8-17-12-3-5-19-7-10(12)13(15)9-6-18-4-2-11(9)14/h9-15H,2-8H2,1H3/t9-,10+,11+,12-,13-/m1/s1. The third-order valence-electron chi connectivity index (χ3n) is 3.97. The van der Waals surface area contributed by atoms with Gasteiger partial charge in [-0.1, -0.05) is 0 Å². The molecular formula is C13H24O4S2. The summed E-state index contributed by atoms with van der Waals surface area (Å²) in [5, 5.41) is 20.7. The average Bonchev–Trinajstić information content (AvgIpc) is 2.45. The van der Waals surface area contributed by atoms with E-state index in [0.29, 0.717) is 0 Å². The van der Waals surface area contributed by atoms with E-state index in [9.17, 15) is 10.2 Å². The summed E-state index contributed by atoms with van der Waals surface area (Å²) < 4.78 is 10.7. The maximum absolute atomic E-state index is 10.6. The molecule has 0 unspecified atom stereocenters. The van der Waals surface area contributed by atoms with Crippen molar-refractivity contribution in [3.63, 3.8) is 0 Å². The van der Waals surface area contributed by atoms with Crippen LogP contribution in [-0.4, -0.2) is 65.4 Å². The van der Waals surface area contributed by atoms with Gasteiger partial charge in [-0.05, 0) is 24.3 Å². The Hall–Kier alpha value is 0.540. The van der Waals surface area contributed by atoms with Crippen LogP contribution in [0.2, 0.25) is 0 Å². The van der Waals surface area contributed by atoms with Crippen molar-refractivity contribution in [2.24, 2.45) is 11.8 Å². The van der Waals surface area contributed by atoms with Gasteiger partial charge in [-0.2, -0.15) is 23.5 Å². The summed E-state index contributed by atoms with van der Waals surface area (Å²) in [7, 11) is 1.62. The van der Waals surface area contributed by atoms with Crippen LogP contribution in [-0.2, 0) is 9.47 Å². The Kier molecular flexibility index (Phi) is 6.79. The molecule has 0 amide bonds. The van der Waals surface area contributed by atoms with Gasteiger partial charge in [0.2, 0.25) is 0 Å². The Morgan fingerprint density at radius 1 is 1.16 bits per heavy atom. The molecule has 6 heteroatoms. The SMILES string of the molecule is COCO[C@@H]1CCSC[C@@H]1[C@H](O)[C@@H]1CSCC[C@@H]1O. The normalized spacial score (nSPS) is 38.1. The van der Waals surface area contributed by atoms with Crippen LogP contribution in [0.5, 0.6) is 0 Å². The van der Waals surface area contributed by atoms with E-state index in [1.165, 1.54) is 0 Å². The van der Waals surface area contributed by atoms with Gasteiger partial charge in [-0.15, -0.1) is 0 Å². The fraction of sp³-hybridized carbons (Fsp3) is 1.00. The number of thioether (sulfide) groups is 2. The molecule has 5 atom stereocenters. The number of hydrogen-bond acceptors (Lipinski definition) is 6. The molecule has 0 spiro atoms. The zero-order valence-electron chi connectivity index (χ0n) is 11.4. The van der Waals surface area contributed by atoms with Crippen LogP contribution < -0.4 is 0 Å². The highest BCUT2D eigenvalue weighted by atomic mass is 32.2. The van der Waals surface area contributed by atoms with E-state index < -0.39 is 6.10 Å². The summed E-state index contributed by atoms with van der Waals surface area (Å²) in [5.74, 6) is 3.90. The van der Waals surface area contributed by atoms with Crippen molar-refractivity contribution in [3.8, 4) is 0 Å². The molecule has 0 saturated carbocycles. The van der Waals surface area contributed by atoms with Crippen LogP contribution in [0.1, 0.15) is 12.8 Å². The van der Waals surface area contributed by atoms with Gasteiger partial charge in [0.1, 0.15) is 6.79 Å². The van der Waals surface area contributed by atoms with Crippen LogP contribution in [0.15, 0.2) is 0 Å². The third-order valence-corrected chi connectivity index (χ3v) is 6.26. The molecule has 0 aromatic carbocycles. The van der Waals surface area contributed by atoms with Gasteiger partial charge >= 0.3 is 0 Å². The Morgan fingerprint density at radius 3 is 2.53 bits per heavy atom. The first-order chi connectivity index (χ1) is 9.24. The predicted molar refractivity (Wildman–Crippen MR) is 79.6 cm³/mol. The zero-order chi connectivity index (χ0) is 13.7. The summed E-state index contributed by atoms with van der Waals surface area (Å²) in [6.07, 6.45) is 0.945. The maximum atomic E-state index is 10.6. The summed E-state index contributed by atoms with van der Waals surface area (Å²) in [6, 6.07) is 0. The van der Waals surface area contributed by atoms with Crippen LogP contribution in [0.4, 0.5) is 0 Å². The Labute approximate surface area is 123 Å². The maximum Gasteiger partial charge on any atom is 0.146 e. The first-order valence-electron chi connectivity index (χ1n) is 6.86. The van der Waals surface area contributed by atoms with Crippen molar-refractivity contribution in [2.75, 3.05) is 36.9 Å². The fourth-order valence-electron chi connectivity index (χ4n) is 2.81. The van der Waals surface area contributed by atoms with Gasteiger partial charge in [-0.3, -0.25) is 0 Å². The van der Waals surface area contributed by atoms with Crippen LogP contribution in [0, 0.1) is 11.8 Å². The highest BCUT2D eigenvalue weighted by molar-refractivity contribution is 7.99. The summed E-state index contributed by atoms with van der Waals surface area (Å²) >= 11 is 3.69. The molecule has 19 heavy (non-hydrogen) atoms. The fourth-order valence-corrected chi connectivity index (χ4v) is 5.33. The highest BCUT2D eigenvalue weighted by Crippen LogP contribution is 2.35. The lowest BCUT2D eigenvalue weighted by Crippen LogP contribution is -2.47. The minimum Gasteiger partial charge on any atom is -0.393 e. The van der Waals surface area contributed by atoms with Gasteiger partial charge in [0.15, 0.2) is 0 Å². The number of hydrogen-bond donors (Lipinski definition) is 2. The van der Waals surface area contributed by atoms with Crippen molar-refractivity contribution in [3.05, 3.63) is 0 Å².